The quantitative estimate of drug-likeness (QED) is 0.738. The molecule has 1 aliphatic heterocycles. The molecule has 0 aromatic heterocycles. The van der Waals surface area contributed by atoms with Crippen molar-refractivity contribution in [3.05, 3.63) is 65.5 Å². The maximum Gasteiger partial charge on any atom is 0.123 e. The van der Waals surface area contributed by atoms with Gasteiger partial charge < -0.3 is 14.8 Å². The Morgan fingerprint density at radius 3 is 2.67 bits per heavy atom. The molecule has 0 bridgehead atoms. The van der Waals surface area contributed by atoms with Gasteiger partial charge in [-0.2, -0.15) is 0 Å². The van der Waals surface area contributed by atoms with E-state index in [0.717, 1.165) is 50.7 Å². The zero-order valence-corrected chi connectivity index (χ0v) is 16.5. The highest BCUT2D eigenvalue weighted by atomic mass is 35.5. The highest BCUT2D eigenvalue weighted by Crippen LogP contribution is 2.22. The van der Waals surface area contributed by atoms with Gasteiger partial charge in [0.1, 0.15) is 11.6 Å². The molecule has 1 atom stereocenters. The molecule has 4 nitrogen and oxygen atoms in total. The minimum absolute atomic E-state index is 0. The number of hydrogen-bond acceptors (Lipinski definition) is 4. The van der Waals surface area contributed by atoms with Gasteiger partial charge in [0, 0.05) is 32.2 Å². The Balaban J connectivity index is 0.00000261. The lowest BCUT2D eigenvalue weighted by Gasteiger charge is -2.35. The van der Waals surface area contributed by atoms with Crippen LogP contribution in [0, 0.1) is 5.82 Å². The fourth-order valence-corrected chi connectivity index (χ4v) is 3.33. The summed E-state index contributed by atoms with van der Waals surface area (Å²) in [4.78, 5) is 2.36. The smallest absolute Gasteiger partial charge is 0.123 e. The van der Waals surface area contributed by atoms with Crippen molar-refractivity contribution in [2.24, 2.45) is 0 Å². The molecule has 2 aromatic rings. The zero-order chi connectivity index (χ0) is 18.2. The Bertz CT molecular complexity index is 695. The standard InChI is InChI=1S/C21H27FN2O2.ClH/c1-2-26-20-8-3-5-17(13-20)15-23-16-21(24-9-11-25-12-10-24)18-6-4-7-19(22)14-18;/h3-8,13-14,21,23H,2,9-12,15-16H2,1H3;1H. The number of nitrogens with zero attached hydrogens (tertiary/aromatic N) is 1. The third-order valence-electron chi connectivity index (χ3n) is 4.60. The van der Waals surface area contributed by atoms with Crippen molar-refractivity contribution in [2.45, 2.75) is 19.5 Å². The van der Waals surface area contributed by atoms with E-state index < -0.39 is 0 Å². The van der Waals surface area contributed by atoms with Crippen LogP contribution in [-0.4, -0.2) is 44.4 Å². The van der Waals surface area contributed by atoms with Crippen LogP contribution in [0.5, 0.6) is 5.75 Å². The van der Waals surface area contributed by atoms with Crippen molar-refractivity contribution in [2.75, 3.05) is 39.5 Å². The molecule has 0 spiro atoms. The van der Waals surface area contributed by atoms with Crippen LogP contribution < -0.4 is 10.1 Å². The van der Waals surface area contributed by atoms with E-state index >= 15 is 0 Å². The van der Waals surface area contributed by atoms with E-state index in [1.807, 2.05) is 25.1 Å². The molecule has 0 amide bonds. The minimum Gasteiger partial charge on any atom is -0.494 e. The van der Waals surface area contributed by atoms with Crippen molar-refractivity contribution >= 4 is 12.4 Å². The summed E-state index contributed by atoms with van der Waals surface area (Å²) in [6.45, 7) is 7.32. The van der Waals surface area contributed by atoms with Crippen molar-refractivity contribution in [1.29, 1.82) is 0 Å². The first-order valence-corrected chi connectivity index (χ1v) is 9.26. The summed E-state index contributed by atoms with van der Waals surface area (Å²) in [6.07, 6.45) is 0. The topological polar surface area (TPSA) is 33.7 Å². The second kappa shape index (κ2) is 11.2. The Hall–Kier alpha value is -1.66. The van der Waals surface area contributed by atoms with Crippen LogP contribution in [0.2, 0.25) is 0 Å². The van der Waals surface area contributed by atoms with E-state index in [4.69, 9.17) is 9.47 Å². The molecule has 1 aliphatic rings. The van der Waals surface area contributed by atoms with Gasteiger partial charge in [0.05, 0.1) is 19.8 Å². The van der Waals surface area contributed by atoms with Crippen molar-refractivity contribution in [1.82, 2.24) is 10.2 Å². The molecule has 1 N–H and O–H groups in total. The van der Waals surface area contributed by atoms with Gasteiger partial charge in [0.25, 0.3) is 0 Å². The van der Waals surface area contributed by atoms with Crippen LogP contribution in [0.15, 0.2) is 48.5 Å². The van der Waals surface area contributed by atoms with Crippen LogP contribution in [0.1, 0.15) is 24.1 Å². The van der Waals surface area contributed by atoms with Gasteiger partial charge >= 0.3 is 0 Å². The first-order chi connectivity index (χ1) is 12.8. The Morgan fingerprint density at radius 2 is 1.93 bits per heavy atom. The van der Waals surface area contributed by atoms with E-state index in [-0.39, 0.29) is 24.3 Å². The molecule has 27 heavy (non-hydrogen) atoms. The molecule has 148 valence electrons. The number of benzene rings is 2. The lowest BCUT2D eigenvalue weighted by Crippen LogP contribution is -2.42. The van der Waals surface area contributed by atoms with Gasteiger partial charge in [-0.1, -0.05) is 24.3 Å². The number of ether oxygens (including phenoxy) is 2. The predicted octanol–water partition coefficient (Wildman–Crippen LogP) is 3.81. The Kier molecular flexibility index (Phi) is 9.01. The summed E-state index contributed by atoms with van der Waals surface area (Å²) >= 11 is 0. The van der Waals surface area contributed by atoms with Crippen LogP contribution >= 0.6 is 12.4 Å². The molecular weight excluding hydrogens is 367 g/mol. The summed E-state index contributed by atoms with van der Waals surface area (Å²) in [5, 5.41) is 3.53. The number of nitrogens with one attached hydrogen (secondary N) is 1. The van der Waals surface area contributed by atoms with Crippen LogP contribution in [0.25, 0.3) is 0 Å². The van der Waals surface area contributed by atoms with Crippen LogP contribution in [0.4, 0.5) is 4.39 Å². The molecule has 0 radical (unpaired) electrons. The summed E-state index contributed by atoms with van der Waals surface area (Å²) in [7, 11) is 0. The van der Waals surface area contributed by atoms with E-state index in [0.29, 0.717) is 6.61 Å². The fraction of sp³-hybridized carbons (Fsp3) is 0.429. The lowest BCUT2D eigenvalue weighted by molar-refractivity contribution is 0.0160. The summed E-state index contributed by atoms with van der Waals surface area (Å²) in [5.74, 6) is 0.701. The van der Waals surface area contributed by atoms with E-state index in [2.05, 4.69) is 22.3 Å². The Labute approximate surface area is 167 Å². The number of halogens is 2. The third-order valence-corrected chi connectivity index (χ3v) is 4.60. The monoisotopic (exact) mass is 394 g/mol. The lowest BCUT2D eigenvalue weighted by atomic mass is 10.0. The zero-order valence-electron chi connectivity index (χ0n) is 15.7. The van der Waals surface area contributed by atoms with Crippen molar-refractivity contribution in [3.63, 3.8) is 0 Å². The molecule has 0 aliphatic carbocycles. The van der Waals surface area contributed by atoms with Gasteiger partial charge in [-0.25, -0.2) is 4.39 Å². The summed E-state index contributed by atoms with van der Waals surface area (Å²) in [5.41, 5.74) is 2.18. The first-order valence-electron chi connectivity index (χ1n) is 9.26. The minimum atomic E-state index is -0.190. The second-order valence-electron chi connectivity index (χ2n) is 6.43. The molecule has 0 saturated carbocycles. The number of morpholine rings is 1. The molecule has 1 unspecified atom stereocenters. The van der Waals surface area contributed by atoms with E-state index in [9.17, 15) is 4.39 Å². The van der Waals surface area contributed by atoms with Gasteiger partial charge in [-0.05, 0) is 42.3 Å². The maximum absolute atomic E-state index is 13.7. The van der Waals surface area contributed by atoms with Crippen molar-refractivity contribution in [3.8, 4) is 5.75 Å². The molecular formula is C21H28ClFN2O2. The van der Waals surface area contributed by atoms with E-state index in [1.165, 1.54) is 11.6 Å². The van der Waals surface area contributed by atoms with Crippen molar-refractivity contribution < 1.29 is 13.9 Å². The van der Waals surface area contributed by atoms with Gasteiger partial charge in [0.2, 0.25) is 0 Å². The SMILES string of the molecule is CCOc1cccc(CNCC(c2cccc(F)c2)N2CCOCC2)c1.Cl. The molecule has 2 aromatic carbocycles. The van der Waals surface area contributed by atoms with Gasteiger partial charge in [-0.15, -0.1) is 12.4 Å². The second-order valence-corrected chi connectivity index (χ2v) is 6.43. The highest BCUT2D eigenvalue weighted by molar-refractivity contribution is 5.85. The molecule has 3 rings (SSSR count). The third kappa shape index (κ3) is 6.47. The predicted molar refractivity (Wildman–Crippen MR) is 108 cm³/mol. The molecule has 6 heteroatoms. The fourth-order valence-electron chi connectivity index (χ4n) is 3.33. The van der Waals surface area contributed by atoms with E-state index in [1.54, 1.807) is 12.1 Å². The summed E-state index contributed by atoms with van der Waals surface area (Å²) < 4.78 is 24.8. The average Bonchev–Trinajstić information content (AvgIpc) is 2.66. The Morgan fingerprint density at radius 1 is 1.15 bits per heavy atom. The van der Waals surface area contributed by atoms with Crippen LogP contribution in [-0.2, 0) is 11.3 Å². The highest BCUT2D eigenvalue weighted by Gasteiger charge is 2.22. The van der Waals surface area contributed by atoms with Crippen LogP contribution in [0.3, 0.4) is 0 Å². The molecule has 1 fully saturated rings. The number of hydrogen-bond donors (Lipinski definition) is 1. The average molecular weight is 395 g/mol. The first kappa shape index (κ1) is 21.6. The molecule has 1 heterocycles. The largest absolute Gasteiger partial charge is 0.494 e. The van der Waals surface area contributed by atoms with Gasteiger partial charge in [-0.3, -0.25) is 4.90 Å². The molecule has 1 saturated heterocycles. The number of rotatable bonds is 8. The maximum atomic E-state index is 13.7. The normalized spacial score (nSPS) is 15.8. The summed E-state index contributed by atoms with van der Waals surface area (Å²) in [6, 6.07) is 15.2. The van der Waals surface area contributed by atoms with Gasteiger partial charge in [0.15, 0.2) is 0 Å².